The van der Waals surface area contributed by atoms with Crippen molar-refractivity contribution in [3.05, 3.63) is 57.0 Å². The Labute approximate surface area is 172 Å². The van der Waals surface area contributed by atoms with Gasteiger partial charge in [-0.2, -0.15) is 0 Å². The van der Waals surface area contributed by atoms with E-state index in [1.54, 1.807) is 0 Å². The fourth-order valence-electron chi connectivity index (χ4n) is 2.27. The molecule has 0 unspecified atom stereocenters. The number of hydrogen-bond acceptors (Lipinski definition) is 2. The second-order valence-electron chi connectivity index (χ2n) is 6.96. The molecule has 2 aromatic rings. The summed E-state index contributed by atoms with van der Waals surface area (Å²) in [5.74, 6) is 0.815. The first-order chi connectivity index (χ1) is 12.3. The van der Waals surface area contributed by atoms with Crippen LogP contribution >= 0.6 is 31.9 Å². The number of hydrogen-bond donors (Lipinski definition) is 2. The van der Waals surface area contributed by atoms with E-state index in [1.165, 1.54) is 5.56 Å². The highest BCUT2D eigenvalue weighted by Gasteiger charge is 2.15. The van der Waals surface area contributed by atoms with Crippen LogP contribution < -0.4 is 15.4 Å². The van der Waals surface area contributed by atoms with Crippen LogP contribution in [0.3, 0.4) is 0 Å². The summed E-state index contributed by atoms with van der Waals surface area (Å²) in [6.45, 7) is 7.61. The normalized spacial score (nSPS) is 11.1. The van der Waals surface area contributed by atoms with Gasteiger partial charge in [0.1, 0.15) is 5.75 Å². The van der Waals surface area contributed by atoms with Crippen molar-refractivity contribution >= 4 is 43.6 Å². The van der Waals surface area contributed by atoms with Gasteiger partial charge in [0.2, 0.25) is 0 Å². The second kappa shape index (κ2) is 9.42. The minimum Gasteiger partial charge on any atom is -0.492 e. The van der Waals surface area contributed by atoms with Crippen molar-refractivity contribution in [3.63, 3.8) is 0 Å². The van der Waals surface area contributed by atoms with Crippen molar-refractivity contribution in [2.45, 2.75) is 32.6 Å². The molecule has 0 heterocycles. The molecule has 2 aromatic carbocycles. The van der Waals surface area contributed by atoms with Crippen LogP contribution in [0.15, 0.2) is 51.4 Å². The molecule has 2 rings (SSSR count). The number of carbonyl (C=O) groups is 1. The fraction of sp³-hybridized carbons (Fsp3) is 0.350. The predicted molar refractivity (Wildman–Crippen MR) is 114 cm³/mol. The first-order valence-electron chi connectivity index (χ1n) is 8.49. The predicted octanol–water partition coefficient (Wildman–Crippen LogP) is 6.10. The van der Waals surface area contributed by atoms with E-state index in [9.17, 15) is 4.79 Å². The van der Waals surface area contributed by atoms with Gasteiger partial charge in [-0.3, -0.25) is 0 Å². The van der Waals surface area contributed by atoms with Gasteiger partial charge >= 0.3 is 6.03 Å². The van der Waals surface area contributed by atoms with Gasteiger partial charge in [-0.25, -0.2) is 4.79 Å². The van der Waals surface area contributed by atoms with Gasteiger partial charge in [0.25, 0.3) is 0 Å². The molecule has 6 heteroatoms. The molecule has 140 valence electrons. The Morgan fingerprint density at radius 3 is 2.46 bits per heavy atom. The Balaban J connectivity index is 1.72. The standard InChI is InChI=1S/C20H24Br2N2O2/c1-20(2,3)14-9-10-18(16(22)13-14)26-12-6-11-23-19(25)24-17-8-5-4-7-15(17)21/h4-5,7-10,13H,6,11-12H2,1-3H3,(H2,23,24,25). The van der Waals surface area contributed by atoms with Crippen molar-refractivity contribution < 1.29 is 9.53 Å². The quantitative estimate of drug-likeness (QED) is 0.487. The number of benzene rings is 2. The molecule has 0 fully saturated rings. The van der Waals surface area contributed by atoms with Gasteiger partial charge in [-0.05, 0) is 73.5 Å². The van der Waals surface area contributed by atoms with Crippen LogP contribution in [0.4, 0.5) is 10.5 Å². The third-order valence-corrected chi connectivity index (χ3v) is 5.10. The van der Waals surface area contributed by atoms with E-state index in [-0.39, 0.29) is 11.4 Å². The maximum absolute atomic E-state index is 11.9. The molecule has 4 nitrogen and oxygen atoms in total. The SMILES string of the molecule is CC(C)(C)c1ccc(OCCCNC(=O)Nc2ccccc2Br)c(Br)c1. The van der Waals surface area contributed by atoms with Crippen LogP contribution in [-0.2, 0) is 5.41 Å². The van der Waals surface area contributed by atoms with Gasteiger partial charge in [-0.1, -0.05) is 39.0 Å². The van der Waals surface area contributed by atoms with E-state index in [2.05, 4.69) is 75.4 Å². The van der Waals surface area contributed by atoms with E-state index in [4.69, 9.17) is 4.74 Å². The van der Waals surface area contributed by atoms with E-state index in [0.29, 0.717) is 13.2 Å². The number of carbonyl (C=O) groups excluding carboxylic acids is 1. The Bertz CT molecular complexity index is 758. The number of anilines is 1. The lowest BCUT2D eigenvalue weighted by Crippen LogP contribution is -2.30. The average molecular weight is 484 g/mol. The molecule has 0 aliphatic heterocycles. The lowest BCUT2D eigenvalue weighted by molar-refractivity contribution is 0.250. The highest BCUT2D eigenvalue weighted by atomic mass is 79.9. The zero-order valence-electron chi connectivity index (χ0n) is 15.2. The van der Waals surface area contributed by atoms with E-state index < -0.39 is 0 Å². The Kier molecular flexibility index (Phi) is 7.53. The smallest absolute Gasteiger partial charge is 0.319 e. The third-order valence-electron chi connectivity index (χ3n) is 3.78. The molecule has 2 amide bonds. The number of para-hydroxylation sites is 1. The van der Waals surface area contributed by atoms with Gasteiger partial charge in [0.15, 0.2) is 0 Å². The van der Waals surface area contributed by atoms with Crippen LogP contribution in [0.25, 0.3) is 0 Å². The topological polar surface area (TPSA) is 50.4 Å². The van der Waals surface area contributed by atoms with Crippen LogP contribution in [0, 0.1) is 0 Å². The number of halogens is 2. The zero-order valence-corrected chi connectivity index (χ0v) is 18.4. The number of ether oxygens (including phenoxy) is 1. The Morgan fingerprint density at radius 2 is 1.81 bits per heavy atom. The van der Waals surface area contributed by atoms with Crippen molar-refractivity contribution in [1.29, 1.82) is 0 Å². The molecule has 0 aromatic heterocycles. The maximum atomic E-state index is 11.9. The molecule has 0 atom stereocenters. The average Bonchev–Trinajstić information content (AvgIpc) is 2.57. The third kappa shape index (κ3) is 6.32. The number of urea groups is 1. The minimum atomic E-state index is -0.229. The van der Waals surface area contributed by atoms with E-state index >= 15 is 0 Å². The molecule has 0 aliphatic rings. The summed E-state index contributed by atoms with van der Waals surface area (Å²) in [5.41, 5.74) is 2.10. The summed E-state index contributed by atoms with van der Waals surface area (Å²) in [5, 5.41) is 5.63. The monoisotopic (exact) mass is 482 g/mol. The molecule has 0 saturated heterocycles. The summed E-state index contributed by atoms with van der Waals surface area (Å²) < 4.78 is 7.60. The summed E-state index contributed by atoms with van der Waals surface area (Å²) in [7, 11) is 0. The number of rotatable bonds is 6. The molecule has 0 radical (unpaired) electrons. The summed E-state index contributed by atoms with van der Waals surface area (Å²) in [6.07, 6.45) is 0.719. The molecular weight excluding hydrogens is 460 g/mol. The largest absolute Gasteiger partial charge is 0.492 e. The van der Waals surface area contributed by atoms with Crippen LogP contribution in [0.5, 0.6) is 5.75 Å². The number of amides is 2. The molecule has 0 aliphatic carbocycles. The minimum absolute atomic E-state index is 0.103. The highest BCUT2D eigenvalue weighted by molar-refractivity contribution is 9.11. The summed E-state index contributed by atoms with van der Waals surface area (Å²) in [6, 6.07) is 13.4. The molecular formula is C20H24Br2N2O2. The van der Waals surface area contributed by atoms with Crippen molar-refractivity contribution in [3.8, 4) is 5.75 Å². The summed E-state index contributed by atoms with van der Waals surface area (Å²) in [4.78, 5) is 11.9. The van der Waals surface area contributed by atoms with Crippen LogP contribution in [0.1, 0.15) is 32.8 Å². The second-order valence-corrected chi connectivity index (χ2v) is 8.67. The molecule has 0 spiro atoms. The Morgan fingerprint density at radius 1 is 1.08 bits per heavy atom. The highest BCUT2D eigenvalue weighted by Crippen LogP contribution is 2.31. The molecule has 26 heavy (non-hydrogen) atoms. The molecule has 2 N–H and O–H groups in total. The van der Waals surface area contributed by atoms with Gasteiger partial charge in [-0.15, -0.1) is 0 Å². The van der Waals surface area contributed by atoms with Crippen molar-refractivity contribution in [2.24, 2.45) is 0 Å². The van der Waals surface area contributed by atoms with Crippen LogP contribution in [-0.4, -0.2) is 19.2 Å². The van der Waals surface area contributed by atoms with Gasteiger partial charge in [0, 0.05) is 11.0 Å². The molecule has 0 bridgehead atoms. The Hall–Kier alpha value is -1.53. The lowest BCUT2D eigenvalue weighted by atomic mass is 9.87. The maximum Gasteiger partial charge on any atom is 0.319 e. The van der Waals surface area contributed by atoms with Crippen molar-refractivity contribution in [2.75, 3.05) is 18.5 Å². The van der Waals surface area contributed by atoms with E-state index in [1.807, 2.05) is 30.3 Å². The first kappa shape index (κ1) is 20.8. The fourth-order valence-corrected chi connectivity index (χ4v) is 3.15. The zero-order chi connectivity index (χ0) is 19.2. The van der Waals surface area contributed by atoms with Gasteiger partial charge < -0.3 is 15.4 Å². The van der Waals surface area contributed by atoms with Gasteiger partial charge in [0.05, 0.1) is 16.8 Å². The lowest BCUT2D eigenvalue weighted by Gasteiger charge is -2.20. The van der Waals surface area contributed by atoms with E-state index in [0.717, 1.165) is 26.8 Å². The first-order valence-corrected chi connectivity index (χ1v) is 10.1. The van der Waals surface area contributed by atoms with Crippen LogP contribution in [0.2, 0.25) is 0 Å². The number of nitrogens with one attached hydrogen (secondary N) is 2. The molecule has 0 saturated carbocycles. The van der Waals surface area contributed by atoms with Crippen molar-refractivity contribution in [1.82, 2.24) is 5.32 Å². The summed E-state index contributed by atoms with van der Waals surface area (Å²) >= 11 is 6.97.